The van der Waals surface area contributed by atoms with Crippen LogP contribution in [0, 0.1) is 0 Å². The zero-order chi connectivity index (χ0) is 8.43. The van der Waals surface area contributed by atoms with Crippen molar-refractivity contribution < 1.29 is 0 Å². The van der Waals surface area contributed by atoms with Gasteiger partial charge in [-0.05, 0) is 39.9 Å². The van der Waals surface area contributed by atoms with Crippen molar-refractivity contribution in [3.63, 3.8) is 0 Å². The second-order valence-corrected chi connectivity index (χ2v) is 4.67. The van der Waals surface area contributed by atoms with E-state index < -0.39 is 0 Å². The molecule has 0 saturated carbocycles. The molecule has 1 fully saturated rings. The van der Waals surface area contributed by atoms with E-state index in [2.05, 4.69) is 31.9 Å². The summed E-state index contributed by atoms with van der Waals surface area (Å²) in [6.45, 7) is 6.94. The summed E-state index contributed by atoms with van der Waals surface area (Å²) < 4.78 is 0. The number of hydrogen-bond donors (Lipinski definition) is 0. The van der Waals surface area contributed by atoms with Crippen LogP contribution in [0.5, 0.6) is 0 Å². The second kappa shape index (κ2) is 3.81. The van der Waals surface area contributed by atoms with Crippen molar-refractivity contribution in [1.82, 2.24) is 4.90 Å². The average Bonchev–Trinajstić information content (AvgIpc) is 2.30. The summed E-state index contributed by atoms with van der Waals surface area (Å²) in [6, 6.07) is 1.51. The Kier molecular flexibility index (Phi) is 3.26. The molecule has 1 saturated heterocycles. The molecule has 0 N–H and O–H groups in total. The van der Waals surface area contributed by atoms with E-state index in [0.29, 0.717) is 6.04 Å². The van der Waals surface area contributed by atoms with Crippen LogP contribution in [0.15, 0.2) is 0 Å². The van der Waals surface area contributed by atoms with Gasteiger partial charge in [-0.3, -0.25) is 4.90 Å². The van der Waals surface area contributed by atoms with Gasteiger partial charge in [0, 0.05) is 12.1 Å². The molecule has 0 aromatic rings. The first-order valence-electron chi connectivity index (χ1n) is 4.47. The Bertz CT molecular complexity index is 125. The van der Waals surface area contributed by atoms with Gasteiger partial charge >= 0.3 is 0 Å². The standard InChI is InChI=1S/C9H19NS/c1-7(2)10-8(3)5-6-9(10)11-4/h7-9H,5-6H2,1-4H3/t8-,9+/m0/s1. The monoisotopic (exact) mass is 173 g/mol. The minimum absolute atomic E-state index is 0.713. The molecule has 0 aromatic heterocycles. The topological polar surface area (TPSA) is 3.24 Å². The molecule has 0 aromatic carbocycles. The van der Waals surface area contributed by atoms with E-state index in [1.54, 1.807) is 0 Å². The van der Waals surface area contributed by atoms with Gasteiger partial charge in [0.05, 0.1) is 5.37 Å². The normalized spacial score (nSPS) is 33.5. The number of rotatable bonds is 2. The minimum Gasteiger partial charge on any atom is -0.286 e. The molecule has 1 aliphatic rings. The van der Waals surface area contributed by atoms with Crippen molar-refractivity contribution in [2.24, 2.45) is 0 Å². The van der Waals surface area contributed by atoms with Crippen LogP contribution in [-0.2, 0) is 0 Å². The van der Waals surface area contributed by atoms with Gasteiger partial charge in [0.25, 0.3) is 0 Å². The molecule has 0 radical (unpaired) electrons. The molecule has 1 rings (SSSR count). The molecule has 2 heteroatoms. The Balaban J connectivity index is 2.56. The molecule has 0 amide bonds. The number of likely N-dealkylation sites (tertiary alicyclic amines) is 1. The van der Waals surface area contributed by atoms with Crippen molar-refractivity contribution in [3.05, 3.63) is 0 Å². The lowest BCUT2D eigenvalue weighted by Crippen LogP contribution is -2.38. The summed E-state index contributed by atoms with van der Waals surface area (Å²) in [5, 5.41) is 0.782. The predicted octanol–water partition coefficient (Wildman–Crippen LogP) is 2.57. The van der Waals surface area contributed by atoms with E-state index in [9.17, 15) is 0 Å². The lowest BCUT2D eigenvalue weighted by molar-refractivity contribution is 0.201. The fraction of sp³-hybridized carbons (Fsp3) is 1.00. The van der Waals surface area contributed by atoms with Gasteiger partial charge in [-0.2, -0.15) is 0 Å². The molecule has 0 aliphatic carbocycles. The van der Waals surface area contributed by atoms with Crippen molar-refractivity contribution in [1.29, 1.82) is 0 Å². The third-order valence-corrected chi connectivity index (χ3v) is 3.56. The summed E-state index contributed by atoms with van der Waals surface area (Å²) >= 11 is 2.00. The van der Waals surface area contributed by atoms with Crippen LogP contribution in [0.4, 0.5) is 0 Å². The zero-order valence-electron chi connectivity index (χ0n) is 8.00. The van der Waals surface area contributed by atoms with E-state index in [-0.39, 0.29) is 0 Å². The van der Waals surface area contributed by atoms with Gasteiger partial charge in [0.1, 0.15) is 0 Å². The Morgan fingerprint density at radius 1 is 1.36 bits per heavy atom. The lowest BCUT2D eigenvalue weighted by atomic mass is 10.2. The molecule has 1 heterocycles. The maximum Gasteiger partial charge on any atom is 0.0559 e. The Morgan fingerprint density at radius 2 is 2.00 bits per heavy atom. The highest BCUT2D eigenvalue weighted by molar-refractivity contribution is 7.99. The predicted molar refractivity (Wildman–Crippen MR) is 53.0 cm³/mol. The van der Waals surface area contributed by atoms with Gasteiger partial charge in [0.2, 0.25) is 0 Å². The zero-order valence-corrected chi connectivity index (χ0v) is 8.82. The van der Waals surface area contributed by atoms with Gasteiger partial charge < -0.3 is 0 Å². The van der Waals surface area contributed by atoms with Crippen molar-refractivity contribution >= 4 is 11.8 Å². The van der Waals surface area contributed by atoms with Gasteiger partial charge in [-0.25, -0.2) is 0 Å². The maximum atomic E-state index is 2.63. The lowest BCUT2D eigenvalue weighted by Gasteiger charge is -2.30. The van der Waals surface area contributed by atoms with E-state index in [1.807, 2.05) is 11.8 Å². The first-order chi connectivity index (χ1) is 5.16. The second-order valence-electron chi connectivity index (χ2n) is 3.66. The Labute approximate surface area is 74.5 Å². The molecule has 0 bridgehead atoms. The SMILES string of the molecule is CS[C@@H]1CC[C@H](C)N1C(C)C. The molecular weight excluding hydrogens is 154 g/mol. The van der Waals surface area contributed by atoms with Crippen LogP contribution in [0.3, 0.4) is 0 Å². The van der Waals surface area contributed by atoms with Crippen LogP contribution in [0.2, 0.25) is 0 Å². The molecule has 0 spiro atoms. The quantitative estimate of drug-likeness (QED) is 0.631. The van der Waals surface area contributed by atoms with Crippen LogP contribution in [-0.4, -0.2) is 28.6 Å². The molecule has 1 aliphatic heterocycles. The van der Waals surface area contributed by atoms with E-state index in [0.717, 1.165) is 11.4 Å². The summed E-state index contributed by atoms with van der Waals surface area (Å²) in [4.78, 5) is 2.63. The fourth-order valence-electron chi connectivity index (χ4n) is 2.05. The molecular formula is C9H19NS. The number of thioether (sulfide) groups is 1. The molecule has 66 valence electrons. The smallest absolute Gasteiger partial charge is 0.0559 e. The van der Waals surface area contributed by atoms with Crippen LogP contribution in [0.25, 0.3) is 0 Å². The molecule has 1 nitrogen and oxygen atoms in total. The van der Waals surface area contributed by atoms with Crippen LogP contribution in [0.1, 0.15) is 33.6 Å². The summed E-state index contributed by atoms with van der Waals surface area (Å²) in [5.41, 5.74) is 0. The molecule has 2 atom stereocenters. The van der Waals surface area contributed by atoms with E-state index in [4.69, 9.17) is 0 Å². The van der Waals surface area contributed by atoms with Crippen LogP contribution < -0.4 is 0 Å². The van der Waals surface area contributed by atoms with Crippen LogP contribution >= 0.6 is 11.8 Å². The highest BCUT2D eigenvalue weighted by Gasteiger charge is 2.31. The minimum atomic E-state index is 0.713. The molecule has 11 heavy (non-hydrogen) atoms. The number of nitrogens with zero attached hydrogens (tertiary/aromatic N) is 1. The maximum absolute atomic E-state index is 2.63. The highest BCUT2D eigenvalue weighted by atomic mass is 32.2. The van der Waals surface area contributed by atoms with Crippen molar-refractivity contribution in [2.45, 2.75) is 51.1 Å². The van der Waals surface area contributed by atoms with Crippen molar-refractivity contribution in [2.75, 3.05) is 6.26 Å². The first-order valence-corrected chi connectivity index (χ1v) is 5.75. The number of hydrogen-bond acceptors (Lipinski definition) is 2. The van der Waals surface area contributed by atoms with Gasteiger partial charge in [-0.1, -0.05) is 0 Å². The van der Waals surface area contributed by atoms with Crippen molar-refractivity contribution in [3.8, 4) is 0 Å². The van der Waals surface area contributed by atoms with Gasteiger partial charge in [-0.15, -0.1) is 11.8 Å². The summed E-state index contributed by atoms with van der Waals surface area (Å²) in [5.74, 6) is 0. The van der Waals surface area contributed by atoms with Gasteiger partial charge in [0.15, 0.2) is 0 Å². The fourth-order valence-corrected chi connectivity index (χ4v) is 3.11. The summed E-state index contributed by atoms with van der Waals surface area (Å²) in [6.07, 6.45) is 4.97. The highest BCUT2D eigenvalue weighted by Crippen LogP contribution is 2.31. The average molecular weight is 173 g/mol. The van der Waals surface area contributed by atoms with E-state index >= 15 is 0 Å². The third kappa shape index (κ3) is 1.91. The third-order valence-electron chi connectivity index (χ3n) is 2.54. The van der Waals surface area contributed by atoms with E-state index in [1.165, 1.54) is 12.8 Å². The Morgan fingerprint density at radius 3 is 2.36 bits per heavy atom. The first kappa shape index (κ1) is 9.40. The summed E-state index contributed by atoms with van der Waals surface area (Å²) in [7, 11) is 0. The largest absolute Gasteiger partial charge is 0.286 e. The molecule has 0 unspecified atom stereocenters. The Hall–Kier alpha value is 0.310.